The fourth-order valence-corrected chi connectivity index (χ4v) is 2.69. The van der Waals surface area contributed by atoms with Crippen molar-refractivity contribution in [2.45, 2.75) is 25.8 Å². The van der Waals surface area contributed by atoms with E-state index in [2.05, 4.69) is 40.1 Å². The highest BCUT2D eigenvalue weighted by Crippen LogP contribution is 2.19. The molecule has 0 spiro atoms. The number of benzene rings is 1. The Balaban J connectivity index is 2.17. The zero-order valence-corrected chi connectivity index (χ0v) is 12.3. The third kappa shape index (κ3) is 2.80. The summed E-state index contributed by atoms with van der Waals surface area (Å²) in [6.07, 6.45) is 0.987. The summed E-state index contributed by atoms with van der Waals surface area (Å²) in [5.74, 6) is 0.0318. The minimum atomic E-state index is -0.107. The second kappa shape index (κ2) is 4.94. The fraction of sp³-hybridized carbons (Fsp3) is 0.462. The van der Waals surface area contributed by atoms with Gasteiger partial charge in [0, 0.05) is 10.1 Å². The molecule has 1 aromatic carbocycles. The highest BCUT2D eigenvalue weighted by Gasteiger charge is 2.30. The van der Waals surface area contributed by atoms with Gasteiger partial charge in [0.25, 0.3) is 5.91 Å². The summed E-state index contributed by atoms with van der Waals surface area (Å²) in [5.41, 5.74) is 1.82. The van der Waals surface area contributed by atoms with E-state index in [1.54, 1.807) is 0 Å². The van der Waals surface area contributed by atoms with Gasteiger partial charge in [-0.1, -0.05) is 12.1 Å². The van der Waals surface area contributed by atoms with E-state index >= 15 is 0 Å². The van der Waals surface area contributed by atoms with Crippen molar-refractivity contribution in [1.82, 2.24) is 10.6 Å². The predicted molar refractivity (Wildman–Crippen MR) is 77.3 cm³/mol. The van der Waals surface area contributed by atoms with Crippen LogP contribution in [0.5, 0.6) is 0 Å². The molecule has 1 unspecified atom stereocenters. The molecule has 1 amide bonds. The Kier molecular flexibility index (Phi) is 3.73. The summed E-state index contributed by atoms with van der Waals surface area (Å²) in [5, 5.41) is 6.41. The van der Waals surface area contributed by atoms with Crippen LogP contribution in [-0.2, 0) is 0 Å². The number of carbonyl (C=O) groups excluding carboxylic acids is 1. The fourth-order valence-electron chi connectivity index (χ4n) is 2.09. The van der Waals surface area contributed by atoms with Crippen molar-refractivity contribution >= 4 is 28.5 Å². The maximum Gasteiger partial charge on any atom is 0.252 e. The van der Waals surface area contributed by atoms with Crippen molar-refractivity contribution in [3.63, 3.8) is 0 Å². The molecule has 1 atom stereocenters. The molecule has 1 heterocycles. The standard InChI is InChI=1S/C13H17IN2O/c1-9-4-3-5-10(11(9)14)12(17)16-13(2)6-7-15-8-13/h3-5,15H,6-8H2,1-2H3,(H,16,17). The number of nitrogens with one attached hydrogen (secondary N) is 2. The van der Waals surface area contributed by atoms with Crippen molar-refractivity contribution in [2.75, 3.05) is 13.1 Å². The number of hydrogen-bond donors (Lipinski definition) is 2. The molecule has 2 rings (SSSR count). The quantitative estimate of drug-likeness (QED) is 0.807. The highest BCUT2D eigenvalue weighted by molar-refractivity contribution is 14.1. The lowest BCUT2D eigenvalue weighted by Crippen LogP contribution is -2.47. The number of aryl methyl sites for hydroxylation is 1. The zero-order valence-electron chi connectivity index (χ0n) is 10.1. The first-order valence-corrected chi connectivity index (χ1v) is 6.88. The monoisotopic (exact) mass is 344 g/mol. The van der Waals surface area contributed by atoms with Gasteiger partial charge < -0.3 is 10.6 Å². The molecule has 92 valence electrons. The molecule has 0 bridgehead atoms. The molecule has 2 N–H and O–H groups in total. The molecule has 0 aliphatic carbocycles. The van der Waals surface area contributed by atoms with Gasteiger partial charge in [-0.3, -0.25) is 4.79 Å². The van der Waals surface area contributed by atoms with Crippen LogP contribution in [0.15, 0.2) is 18.2 Å². The largest absolute Gasteiger partial charge is 0.346 e. The first-order chi connectivity index (χ1) is 8.02. The minimum Gasteiger partial charge on any atom is -0.346 e. The second-order valence-electron chi connectivity index (χ2n) is 4.88. The second-order valence-corrected chi connectivity index (χ2v) is 5.96. The summed E-state index contributed by atoms with van der Waals surface area (Å²) >= 11 is 2.23. The summed E-state index contributed by atoms with van der Waals surface area (Å²) < 4.78 is 1.04. The number of rotatable bonds is 2. The lowest BCUT2D eigenvalue weighted by Gasteiger charge is -2.24. The first-order valence-electron chi connectivity index (χ1n) is 5.80. The number of amides is 1. The van der Waals surface area contributed by atoms with Crippen LogP contribution in [0.25, 0.3) is 0 Å². The van der Waals surface area contributed by atoms with Crippen LogP contribution in [0.4, 0.5) is 0 Å². The van der Waals surface area contributed by atoms with Gasteiger partial charge in [-0.25, -0.2) is 0 Å². The predicted octanol–water partition coefficient (Wildman–Crippen LogP) is 2.08. The minimum absolute atomic E-state index is 0.0318. The smallest absolute Gasteiger partial charge is 0.252 e. The van der Waals surface area contributed by atoms with E-state index in [-0.39, 0.29) is 11.4 Å². The van der Waals surface area contributed by atoms with Gasteiger partial charge in [0.1, 0.15) is 0 Å². The highest BCUT2D eigenvalue weighted by atomic mass is 127. The van der Waals surface area contributed by atoms with Crippen molar-refractivity contribution in [2.24, 2.45) is 0 Å². The third-order valence-corrected chi connectivity index (χ3v) is 4.65. The summed E-state index contributed by atoms with van der Waals surface area (Å²) in [4.78, 5) is 12.2. The molecule has 0 saturated carbocycles. The van der Waals surface area contributed by atoms with Gasteiger partial charge in [0.15, 0.2) is 0 Å². The molecular formula is C13H17IN2O. The molecule has 0 radical (unpaired) electrons. The zero-order chi connectivity index (χ0) is 12.5. The number of hydrogen-bond acceptors (Lipinski definition) is 2. The number of halogens is 1. The van der Waals surface area contributed by atoms with Gasteiger partial charge in [0.2, 0.25) is 0 Å². The lowest BCUT2D eigenvalue weighted by atomic mass is 10.0. The maximum atomic E-state index is 12.2. The van der Waals surface area contributed by atoms with E-state index in [0.717, 1.165) is 34.2 Å². The molecular weight excluding hydrogens is 327 g/mol. The molecule has 17 heavy (non-hydrogen) atoms. The van der Waals surface area contributed by atoms with Gasteiger partial charge in [-0.2, -0.15) is 0 Å². The van der Waals surface area contributed by atoms with E-state index in [1.807, 2.05) is 25.1 Å². The molecule has 1 fully saturated rings. The Morgan fingerprint density at radius 2 is 2.29 bits per heavy atom. The molecule has 1 aromatic rings. The van der Waals surface area contributed by atoms with Crippen LogP contribution in [0.1, 0.15) is 29.3 Å². The third-order valence-electron chi connectivity index (χ3n) is 3.22. The van der Waals surface area contributed by atoms with Crippen molar-refractivity contribution < 1.29 is 4.79 Å². The maximum absolute atomic E-state index is 12.2. The van der Waals surface area contributed by atoms with Crippen molar-refractivity contribution in [3.05, 3.63) is 32.9 Å². The van der Waals surface area contributed by atoms with E-state index in [9.17, 15) is 4.79 Å². The van der Waals surface area contributed by atoms with E-state index in [4.69, 9.17) is 0 Å². The molecule has 0 aromatic heterocycles. The van der Waals surface area contributed by atoms with Crippen LogP contribution in [0, 0.1) is 10.5 Å². The van der Waals surface area contributed by atoms with Gasteiger partial charge in [0.05, 0.1) is 11.1 Å². The lowest BCUT2D eigenvalue weighted by molar-refractivity contribution is 0.0912. The average molecular weight is 344 g/mol. The van der Waals surface area contributed by atoms with Crippen LogP contribution in [-0.4, -0.2) is 24.5 Å². The average Bonchev–Trinajstić information content (AvgIpc) is 2.68. The topological polar surface area (TPSA) is 41.1 Å². The Morgan fingerprint density at radius 1 is 1.53 bits per heavy atom. The van der Waals surface area contributed by atoms with Crippen molar-refractivity contribution in [1.29, 1.82) is 0 Å². The Morgan fingerprint density at radius 3 is 2.94 bits per heavy atom. The van der Waals surface area contributed by atoms with Gasteiger partial charge in [-0.15, -0.1) is 0 Å². The van der Waals surface area contributed by atoms with Crippen LogP contribution >= 0.6 is 22.6 Å². The van der Waals surface area contributed by atoms with E-state index in [0.29, 0.717) is 0 Å². The van der Waals surface area contributed by atoms with Crippen LogP contribution in [0.3, 0.4) is 0 Å². The number of carbonyl (C=O) groups is 1. The normalized spacial score (nSPS) is 23.7. The van der Waals surface area contributed by atoms with Gasteiger partial charge in [-0.05, 0) is 61.0 Å². The van der Waals surface area contributed by atoms with E-state index < -0.39 is 0 Å². The van der Waals surface area contributed by atoms with E-state index in [1.165, 1.54) is 0 Å². The molecule has 1 aliphatic heterocycles. The van der Waals surface area contributed by atoms with Crippen molar-refractivity contribution in [3.8, 4) is 0 Å². The summed E-state index contributed by atoms with van der Waals surface area (Å²) in [7, 11) is 0. The first kappa shape index (κ1) is 12.8. The molecule has 1 aliphatic rings. The Hall–Kier alpha value is -0.620. The Labute approximate surface area is 116 Å². The van der Waals surface area contributed by atoms with Crippen LogP contribution < -0.4 is 10.6 Å². The summed E-state index contributed by atoms with van der Waals surface area (Å²) in [6, 6.07) is 5.84. The summed E-state index contributed by atoms with van der Waals surface area (Å²) in [6.45, 7) is 5.94. The molecule has 1 saturated heterocycles. The Bertz CT molecular complexity index is 439. The molecule has 3 nitrogen and oxygen atoms in total. The SMILES string of the molecule is Cc1cccc(C(=O)NC2(C)CCNC2)c1I. The molecule has 4 heteroatoms. The van der Waals surface area contributed by atoms with Crippen LogP contribution in [0.2, 0.25) is 0 Å². The van der Waals surface area contributed by atoms with Gasteiger partial charge >= 0.3 is 0 Å².